The van der Waals surface area contributed by atoms with Crippen molar-refractivity contribution in [1.29, 1.82) is 0 Å². The Hall–Kier alpha value is -3.09. The first-order valence-corrected chi connectivity index (χ1v) is 8.72. The van der Waals surface area contributed by atoms with Crippen molar-refractivity contribution < 1.29 is 9.53 Å². The monoisotopic (exact) mass is 352 g/mol. The molecule has 3 heterocycles. The SMILES string of the molecule is O=C(COc1cccnc1)N1CCC(n2c(=O)[nH]c3ccccc32)CC1. The molecule has 1 amide bonds. The second kappa shape index (κ2) is 7.03. The van der Waals surface area contributed by atoms with Crippen LogP contribution in [0, 0.1) is 0 Å². The van der Waals surface area contributed by atoms with E-state index in [-0.39, 0.29) is 24.2 Å². The summed E-state index contributed by atoms with van der Waals surface area (Å²) in [6.07, 6.45) is 4.75. The Morgan fingerprint density at radius 1 is 1.19 bits per heavy atom. The number of fused-ring (bicyclic) bond motifs is 1. The highest BCUT2D eigenvalue weighted by molar-refractivity contribution is 5.78. The number of hydrogen-bond donors (Lipinski definition) is 1. The highest BCUT2D eigenvalue weighted by Crippen LogP contribution is 2.24. The van der Waals surface area contributed by atoms with Gasteiger partial charge in [0.2, 0.25) is 0 Å². The van der Waals surface area contributed by atoms with Gasteiger partial charge in [0.1, 0.15) is 5.75 Å². The van der Waals surface area contributed by atoms with Crippen LogP contribution in [-0.2, 0) is 4.79 Å². The van der Waals surface area contributed by atoms with Crippen molar-refractivity contribution in [3.63, 3.8) is 0 Å². The summed E-state index contributed by atoms with van der Waals surface area (Å²) in [6.45, 7) is 1.24. The topological polar surface area (TPSA) is 80.2 Å². The molecule has 1 fully saturated rings. The Balaban J connectivity index is 1.38. The molecule has 7 heteroatoms. The Labute approximate surface area is 150 Å². The lowest BCUT2D eigenvalue weighted by atomic mass is 10.0. The summed E-state index contributed by atoms with van der Waals surface area (Å²) in [5.74, 6) is 0.541. The van der Waals surface area contributed by atoms with Crippen LogP contribution in [0.4, 0.5) is 0 Å². The zero-order chi connectivity index (χ0) is 17.9. The van der Waals surface area contributed by atoms with Gasteiger partial charge in [-0.3, -0.25) is 14.3 Å². The van der Waals surface area contributed by atoms with Gasteiger partial charge in [-0.1, -0.05) is 12.1 Å². The van der Waals surface area contributed by atoms with Crippen molar-refractivity contribution in [2.75, 3.05) is 19.7 Å². The Kier molecular flexibility index (Phi) is 4.43. The predicted molar refractivity (Wildman–Crippen MR) is 97.1 cm³/mol. The number of hydrogen-bond acceptors (Lipinski definition) is 4. The molecule has 2 aromatic heterocycles. The van der Waals surface area contributed by atoms with E-state index in [4.69, 9.17) is 4.74 Å². The van der Waals surface area contributed by atoms with E-state index in [9.17, 15) is 9.59 Å². The van der Waals surface area contributed by atoms with Crippen LogP contribution < -0.4 is 10.4 Å². The van der Waals surface area contributed by atoms with Crippen molar-refractivity contribution in [2.24, 2.45) is 0 Å². The van der Waals surface area contributed by atoms with Crippen LogP contribution in [0.1, 0.15) is 18.9 Å². The van der Waals surface area contributed by atoms with Gasteiger partial charge in [-0.2, -0.15) is 0 Å². The van der Waals surface area contributed by atoms with Gasteiger partial charge < -0.3 is 14.6 Å². The third-order valence-corrected chi connectivity index (χ3v) is 4.80. The summed E-state index contributed by atoms with van der Waals surface area (Å²) in [5, 5.41) is 0. The largest absolute Gasteiger partial charge is 0.482 e. The summed E-state index contributed by atoms with van der Waals surface area (Å²) in [6, 6.07) is 11.3. The Bertz CT molecular complexity index is 956. The van der Waals surface area contributed by atoms with E-state index in [1.54, 1.807) is 29.4 Å². The number of imidazole rings is 1. The molecule has 1 aliphatic rings. The van der Waals surface area contributed by atoms with E-state index in [1.807, 2.05) is 28.8 Å². The van der Waals surface area contributed by atoms with Gasteiger partial charge in [0.25, 0.3) is 5.91 Å². The summed E-state index contributed by atoms with van der Waals surface area (Å²) in [7, 11) is 0. The number of piperidine rings is 1. The molecule has 1 N–H and O–H groups in total. The molecule has 0 unspecified atom stereocenters. The fourth-order valence-electron chi connectivity index (χ4n) is 3.48. The molecule has 3 aromatic rings. The van der Waals surface area contributed by atoms with Crippen molar-refractivity contribution in [2.45, 2.75) is 18.9 Å². The number of aromatic amines is 1. The van der Waals surface area contributed by atoms with Crippen molar-refractivity contribution in [1.82, 2.24) is 19.4 Å². The first kappa shape index (κ1) is 16.4. The zero-order valence-electron chi connectivity index (χ0n) is 14.3. The van der Waals surface area contributed by atoms with Crippen LogP contribution >= 0.6 is 0 Å². The quantitative estimate of drug-likeness (QED) is 0.778. The van der Waals surface area contributed by atoms with E-state index in [0.717, 1.165) is 23.9 Å². The fraction of sp³-hybridized carbons (Fsp3) is 0.316. The standard InChI is InChI=1S/C19H20N4O3/c24-18(13-26-15-4-3-9-20-12-15)22-10-7-14(8-11-22)23-17-6-2-1-5-16(17)21-19(23)25/h1-6,9,12,14H,7-8,10-11,13H2,(H,21,25). The number of carbonyl (C=O) groups is 1. The number of para-hydroxylation sites is 2. The molecule has 0 aliphatic carbocycles. The van der Waals surface area contributed by atoms with Gasteiger partial charge in [0, 0.05) is 25.3 Å². The maximum absolute atomic E-state index is 12.3. The summed E-state index contributed by atoms with van der Waals surface area (Å²) >= 11 is 0. The number of nitrogens with zero attached hydrogens (tertiary/aromatic N) is 3. The van der Waals surface area contributed by atoms with Gasteiger partial charge >= 0.3 is 5.69 Å². The van der Waals surface area contributed by atoms with Gasteiger partial charge in [-0.05, 0) is 37.1 Å². The van der Waals surface area contributed by atoms with Crippen molar-refractivity contribution in [3.8, 4) is 5.75 Å². The zero-order valence-corrected chi connectivity index (χ0v) is 14.3. The second-order valence-electron chi connectivity index (χ2n) is 6.41. The molecule has 0 bridgehead atoms. The van der Waals surface area contributed by atoms with Gasteiger partial charge in [-0.25, -0.2) is 4.79 Å². The lowest BCUT2D eigenvalue weighted by Gasteiger charge is -2.32. The smallest absolute Gasteiger partial charge is 0.326 e. The molecule has 1 saturated heterocycles. The number of pyridine rings is 1. The minimum atomic E-state index is -0.0871. The van der Waals surface area contributed by atoms with E-state index in [2.05, 4.69) is 9.97 Å². The molecule has 7 nitrogen and oxygen atoms in total. The molecular weight excluding hydrogens is 332 g/mol. The van der Waals surface area contributed by atoms with Crippen LogP contribution in [0.25, 0.3) is 11.0 Å². The van der Waals surface area contributed by atoms with Gasteiger partial charge in [0.15, 0.2) is 6.61 Å². The minimum Gasteiger partial charge on any atom is -0.482 e. The fourth-order valence-corrected chi connectivity index (χ4v) is 3.48. The predicted octanol–water partition coefficient (Wildman–Crippen LogP) is 1.97. The van der Waals surface area contributed by atoms with Gasteiger partial charge in [0.05, 0.1) is 17.2 Å². The molecule has 0 spiro atoms. The van der Waals surface area contributed by atoms with Crippen LogP contribution in [0.2, 0.25) is 0 Å². The number of nitrogens with one attached hydrogen (secondary N) is 1. The first-order valence-electron chi connectivity index (χ1n) is 8.72. The molecule has 0 saturated carbocycles. The van der Waals surface area contributed by atoms with E-state index in [0.29, 0.717) is 18.8 Å². The maximum atomic E-state index is 12.3. The summed E-state index contributed by atoms with van der Waals surface area (Å²) < 4.78 is 7.31. The third kappa shape index (κ3) is 3.20. The van der Waals surface area contributed by atoms with Crippen LogP contribution in [0.5, 0.6) is 5.75 Å². The Morgan fingerprint density at radius 3 is 2.77 bits per heavy atom. The highest BCUT2D eigenvalue weighted by Gasteiger charge is 2.26. The molecule has 0 radical (unpaired) electrons. The van der Waals surface area contributed by atoms with E-state index < -0.39 is 0 Å². The molecular formula is C19H20N4O3. The molecule has 0 atom stereocenters. The number of rotatable bonds is 4. The number of H-pyrrole nitrogens is 1. The van der Waals surface area contributed by atoms with Crippen LogP contribution in [0.15, 0.2) is 53.6 Å². The molecule has 26 heavy (non-hydrogen) atoms. The second-order valence-corrected chi connectivity index (χ2v) is 6.41. The van der Waals surface area contributed by atoms with Crippen LogP contribution in [0.3, 0.4) is 0 Å². The third-order valence-electron chi connectivity index (χ3n) is 4.80. The minimum absolute atomic E-state index is 0.00337. The summed E-state index contributed by atoms with van der Waals surface area (Å²) in [5.41, 5.74) is 1.68. The average Bonchev–Trinajstić information content (AvgIpc) is 3.03. The van der Waals surface area contributed by atoms with Crippen molar-refractivity contribution >= 4 is 16.9 Å². The maximum Gasteiger partial charge on any atom is 0.326 e. The first-order chi connectivity index (χ1) is 12.7. The van der Waals surface area contributed by atoms with Crippen LogP contribution in [-0.4, -0.2) is 45.0 Å². The number of benzene rings is 1. The molecule has 1 aliphatic heterocycles. The highest BCUT2D eigenvalue weighted by atomic mass is 16.5. The Morgan fingerprint density at radius 2 is 2.00 bits per heavy atom. The number of amides is 1. The number of aromatic nitrogens is 3. The molecule has 4 rings (SSSR count). The number of likely N-dealkylation sites (tertiary alicyclic amines) is 1. The normalized spacial score (nSPS) is 15.3. The van der Waals surface area contributed by atoms with E-state index in [1.165, 1.54) is 0 Å². The lowest BCUT2D eigenvalue weighted by Crippen LogP contribution is -2.42. The average molecular weight is 352 g/mol. The summed E-state index contributed by atoms with van der Waals surface area (Å²) in [4.78, 5) is 33.3. The molecule has 1 aromatic carbocycles. The number of ether oxygens (including phenoxy) is 1. The molecule has 134 valence electrons. The lowest BCUT2D eigenvalue weighted by molar-refractivity contribution is -0.134. The van der Waals surface area contributed by atoms with Crippen molar-refractivity contribution in [3.05, 3.63) is 59.3 Å². The number of carbonyl (C=O) groups excluding carboxylic acids is 1. The van der Waals surface area contributed by atoms with Gasteiger partial charge in [-0.15, -0.1) is 0 Å². The van der Waals surface area contributed by atoms with E-state index >= 15 is 0 Å².